The molecule has 1 saturated carbocycles. The summed E-state index contributed by atoms with van der Waals surface area (Å²) >= 11 is 0. The topological polar surface area (TPSA) is 89.9 Å². The smallest absolute Gasteiger partial charge is 0.230 e. The normalized spacial score (nSPS) is 21.0. The Morgan fingerprint density at radius 1 is 1.41 bits per heavy atom. The van der Waals surface area contributed by atoms with Crippen LogP contribution in [-0.4, -0.2) is 40.8 Å². The molecule has 1 atom stereocenters. The van der Waals surface area contributed by atoms with Gasteiger partial charge in [0, 0.05) is 18.3 Å². The molecular weight excluding hydrogens is 340 g/mol. The lowest BCUT2D eigenvalue weighted by atomic mass is 10.0. The highest BCUT2D eigenvalue weighted by atomic mass is 16.5. The van der Waals surface area contributed by atoms with Crippen LogP contribution in [0.1, 0.15) is 43.6 Å². The molecule has 0 radical (unpaired) electrons. The molecule has 7 nitrogen and oxygen atoms in total. The summed E-state index contributed by atoms with van der Waals surface area (Å²) in [6.45, 7) is 8.51. The Kier molecular flexibility index (Phi) is 4.52. The van der Waals surface area contributed by atoms with Crippen molar-refractivity contribution in [3.05, 3.63) is 29.1 Å². The largest absolute Gasteiger partial charge is 0.377 e. The van der Waals surface area contributed by atoms with Crippen molar-refractivity contribution in [1.29, 1.82) is 5.26 Å². The van der Waals surface area contributed by atoms with Crippen LogP contribution in [0.3, 0.4) is 0 Å². The number of H-pyrrole nitrogens is 1. The standard InChI is InChI=1S/C20H26N6O/c1-4-15-13(2)9-17(22-15)24-19-23-16(20(12-21)5-6-20)10-18(25-19)26-7-8-27-11-14(26)3/h9-10,14,22H,4-8,11H2,1-3H3,(H,23,24,25). The highest BCUT2D eigenvalue weighted by Crippen LogP contribution is 2.47. The van der Waals surface area contributed by atoms with Crippen LogP contribution in [0.25, 0.3) is 0 Å². The van der Waals surface area contributed by atoms with E-state index in [9.17, 15) is 5.26 Å². The van der Waals surface area contributed by atoms with E-state index in [1.807, 2.05) is 6.07 Å². The number of aromatic nitrogens is 3. The Bertz CT molecular complexity index is 879. The number of rotatable bonds is 5. The molecule has 142 valence electrons. The summed E-state index contributed by atoms with van der Waals surface area (Å²) in [4.78, 5) is 15.1. The molecular formula is C20H26N6O. The number of hydrogen-bond donors (Lipinski definition) is 2. The predicted octanol–water partition coefficient (Wildman–Crippen LogP) is 3.20. The first-order valence-electron chi connectivity index (χ1n) is 9.65. The second kappa shape index (κ2) is 6.86. The molecule has 4 rings (SSSR count). The van der Waals surface area contributed by atoms with Gasteiger partial charge in [0.2, 0.25) is 5.95 Å². The van der Waals surface area contributed by atoms with Crippen LogP contribution in [0.2, 0.25) is 0 Å². The lowest BCUT2D eigenvalue weighted by molar-refractivity contribution is 0.0985. The highest BCUT2D eigenvalue weighted by Gasteiger charge is 2.47. The van der Waals surface area contributed by atoms with E-state index in [1.54, 1.807) is 0 Å². The van der Waals surface area contributed by atoms with E-state index < -0.39 is 5.41 Å². The molecule has 2 aromatic heterocycles. The number of nitrogens with one attached hydrogen (secondary N) is 2. The molecule has 2 N–H and O–H groups in total. The Balaban J connectivity index is 1.70. The van der Waals surface area contributed by atoms with Crippen LogP contribution in [-0.2, 0) is 16.6 Å². The summed E-state index contributed by atoms with van der Waals surface area (Å²) in [6, 6.07) is 6.76. The van der Waals surface area contributed by atoms with Gasteiger partial charge < -0.3 is 19.9 Å². The number of hydrogen-bond acceptors (Lipinski definition) is 6. The van der Waals surface area contributed by atoms with Gasteiger partial charge in [-0.15, -0.1) is 0 Å². The first-order valence-corrected chi connectivity index (χ1v) is 9.65. The second-order valence-corrected chi connectivity index (χ2v) is 7.57. The van der Waals surface area contributed by atoms with Gasteiger partial charge in [-0.25, -0.2) is 4.98 Å². The van der Waals surface area contributed by atoms with Gasteiger partial charge in [-0.3, -0.25) is 0 Å². The van der Waals surface area contributed by atoms with Crippen LogP contribution in [0.4, 0.5) is 17.6 Å². The van der Waals surface area contributed by atoms with E-state index in [2.05, 4.69) is 48.1 Å². The van der Waals surface area contributed by atoms with E-state index in [1.165, 1.54) is 11.3 Å². The Morgan fingerprint density at radius 3 is 2.85 bits per heavy atom. The Hall–Kier alpha value is -2.59. The molecule has 0 amide bonds. The number of aromatic amines is 1. The molecule has 0 aromatic carbocycles. The van der Waals surface area contributed by atoms with Crippen molar-refractivity contribution >= 4 is 17.6 Å². The highest BCUT2D eigenvalue weighted by molar-refractivity contribution is 5.56. The number of anilines is 3. The summed E-state index contributed by atoms with van der Waals surface area (Å²) in [5.74, 6) is 2.27. The molecule has 0 bridgehead atoms. The minimum atomic E-state index is -0.454. The van der Waals surface area contributed by atoms with Crippen molar-refractivity contribution in [1.82, 2.24) is 15.0 Å². The first-order chi connectivity index (χ1) is 13.0. The number of nitriles is 1. The molecule has 3 heterocycles. The lowest BCUT2D eigenvalue weighted by Crippen LogP contribution is -2.44. The molecule has 27 heavy (non-hydrogen) atoms. The average Bonchev–Trinajstić information content (AvgIpc) is 3.40. The monoisotopic (exact) mass is 366 g/mol. The zero-order chi connectivity index (χ0) is 19.0. The number of ether oxygens (including phenoxy) is 1. The molecule has 1 aliphatic heterocycles. The van der Waals surface area contributed by atoms with Crippen molar-refractivity contribution in [2.24, 2.45) is 0 Å². The van der Waals surface area contributed by atoms with Gasteiger partial charge in [0.1, 0.15) is 11.6 Å². The third-order valence-electron chi connectivity index (χ3n) is 5.55. The first kappa shape index (κ1) is 17.8. The fourth-order valence-electron chi connectivity index (χ4n) is 3.66. The second-order valence-electron chi connectivity index (χ2n) is 7.57. The summed E-state index contributed by atoms with van der Waals surface area (Å²) < 4.78 is 5.56. The minimum absolute atomic E-state index is 0.242. The molecule has 2 aromatic rings. The maximum absolute atomic E-state index is 9.64. The molecule has 1 aliphatic carbocycles. The molecule has 1 saturated heterocycles. The molecule has 1 unspecified atom stereocenters. The van der Waals surface area contributed by atoms with Crippen LogP contribution in [0, 0.1) is 18.3 Å². The zero-order valence-electron chi connectivity index (χ0n) is 16.2. The van der Waals surface area contributed by atoms with E-state index in [-0.39, 0.29) is 6.04 Å². The van der Waals surface area contributed by atoms with Gasteiger partial charge in [0.25, 0.3) is 0 Å². The zero-order valence-corrected chi connectivity index (χ0v) is 16.2. The number of aryl methyl sites for hydroxylation is 2. The van der Waals surface area contributed by atoms with Gasteiger partial charge in [-0.2, -0.15) is 10.2 Å². The van der Waals surface area contributed by atoms with Crippen molar-refractivity contribution in [2.45, 2.75) is 51.5 Å². The third-order valence-corrected chi connectivity index (χ3v) is 5.55. The van der Waals surface area contributed by atoms with Crippen molar-refractivity contribution < 1.29 is 4.74 Å². The van der Waals surface area contributed by atoms with Crippen molar-refractivity contribution in [3.8, 4) is 6.07 Å². The SMILES string of the molecule is CCc1[nH]c(Nc2nc(N3CCOCC3C)cc(C3(C#N)CC3)n2)cc1C. The Morgan fingerprint density at radius 2 is 2.22 bits per heavy atom. The summed E-state index contributed by atoms with van der Waals surface area (Å²) in [6.07, 6.45) is 2.67. The maximum Gasteiger partial charge on any atom is 0.230 e. The molecule has 0 spiro atoms. The van der Waals surface area contributed by atoms with Gasteiger partial charge >= 0.3 is 0 Å². The predicted molar refractivity (Wildman–Crippen MR) is 104 cm³/mol. The molecule has 2 aliphatic rings. The van der Waals surface area contributed by atoms with E-state index in [4.69, 9.17) is 14.7 Å². The maximum atomic E-state index is 9.64. The summed E-state index contributed by atoms with van der Waals surface area (Å²) in [5, 5.41) is 13.0. The van der Waals surface area contributed by atoms with Crippen LogP contribution >= 0.6 is 0 Å². The average molecular weight is 366 g/mol. The molecule has 2 fully saturated rings. The lowest BCUT2D eigenvalue weighted by Gasteiger charge is -2.34. The van der Waals surface area contributed by atoms with Gasteiger partial charge in [-0.05, 0) is 44.7 Å². The van der Waals surface area contributed by atoms with Crippen LogP contribution < -0.4 is 10.2 Å². The fraction of sp³-hybridized carbons (Fsp3) is 0.550. The number of nitrogens with zero attached hydrogens (tertiary/aromatic N) is 4. The number of morpholine rings is 1. The van der Waals surface area contributed by atoms with Crippen LogP contribution in [0.5, 0.6) is 0 Å². The van der Waals surface area contributed by atoms with Gasteiger partial charge in [-0.1, -0.05) is 6.92 Å². The van der Waals surface area contributed by atoms with Gasteiger partial charge in [0.15, 0.2) is 0 Å². The molecule has 7 heteroatoms. The van der Waals surface area contributed by atoms with E-state index >= 15 is 0 Å². The summed E-state index contributed by atoms with van der Waals surface area (Å²) in [5.41, 5.74) is 2.78. The Labute approximate surface area is 159 Å². The summed E-state index contributed by atoms with van der Waals surface area (Å²) in [7, 11) is 0. The van der Waals surface area contributed by atoms with Crippen molar-refractivity contribution in [2.75, 3.05) is 30.0 Å². The van der Waals surface area contributed by atoms with Crippen LogP contribution in [0.15, 0.2) is 12.1 Å². The van der Waals surface area contributed by atoms with Crippen molar-refractivity contribution in [3.63, 3.8) is 0 Å². The quantitative estimate of drug-likeness (QED) is 0.845. The van der Waals surface area contributed by atoms with E-state index in [0.29, 0.717) is 19.2 Å². The third kappa shape index (κ3) is 3.37. The minimum Gasteiger partial charge on any atom is -0.377 e. The fourth-order valence-corrected chi connectivity index (χ4v) is 3.66. The van der Waals surface area contributed by atoms with Gasteiger partial charge in [0.05, 0.1) is 36.4 Å². The van der Waals surface area contributed by atoms with E-state index in [0.717, 1.165) is 43.1 Å².